The first-order valence-corrected chi connectivity index (χ1v) is 12.3. The molecule has 0 fully saturated rings. The van der Waals surface area contributed by atoms with E-state index in [0.717, 1.165) is 5.56 Å². The summed E-state index contributed by atoms with van der Waals surface area (Å²) in [6, 6.07) is 26.8. The second kappa shape index (κ2) is 10.6. The number of nitrogens with zero attached hydrogens (tertiary/aromatic N) is 1. The van der Waals surface area contributed by atoms with Gasteiger partial charge in [-0.1, -0.05) is 83.9 Å². The van der Waals surface area contributed by atoms with Crippen LogP contribution in [0.3, 0.4) is 0 Å². The maximum absolute atomic E-state index is 13.9. The van der Waals surface area contributed by atoms with Crippen LogP contribution < -0.4 is 10.4 Å². The third kappa shape index (κ3) is 5.04. The van der Waals surface area contributed by atoms with Crippen molar-refractivity contribution in [3.05, 3.63) is 129 Å². The van der Waals surface area contributed by atoms with Crippen molar-refractivity contribution in [2.75, 3.05) is 4.90 Å². The molecule has 0 saturated carbocycles. The Morgan fingerprint density at radius 2 is 1.65 bits per heavy atom. The summed E-state index contributed by atoms with van der Waals surface area (Å²) in [5.74, 6) is -1.67. The van der Waals surface area contributed by atoms with Gasteiger partial charge in [-0.3, -0.25) is 19.3 Å². The molecule has 2 atom stereocenters. The van der Waals surface area contributed by atoms with E-state index in [9.17, 15) is 14.7 Å². The van der Waals surface area contributed by atoms with Crippen LogP contribution in [-0.2, 0) is 16.2 Å². The number of aromatic hydroxyl groups is 1. The summed E-state index contributed by atoms with van der Waals surface area (Å²) in [5.41, 5.74) is 5.32. The highest BCUT2D eigenvalue weighted by Gasteiger charge is 2.45. The van der Waals surface area contributed by atoms with Crippen molar-refractivity contribution in [2.45, 2.75) is 18.6 Å². The lowest BCUT2D eigenvalue weighted by molar-refractivity contribution is -0.136. The third-order valence-corrected chi connectivity index (χ3v) is 6.83. The van der Waals surface area contributed by atoms with Gasteiger partial charge in [0.05, 0.1) is 18.6 Å². The average Bonchev–Trinajstić information content (AvgIpc) is 2.89. The van der Waals surface area contributed by atoms with E-state index in [1.54, 1.807) is 54.6 Å². The Bertz CT molecular complexity index is 1460. The molecule has 186 valence electrons. The van der Waals surface area contributed by atoms with Crippen molar-refractivity contribution in [1.29, 1.82) is 0 Å². The van der Waals surface area contributed by atoms with Crippen molar-refractivity contribution in [1.82, 2.24) is 5.48 Å². The molecule has 37 heavy (non-hydrogen) atoms. The fraction of sp³-hybridized carbons (Fsp3) is 0.103. The van der Waals surface area contributed by atoms with Crippen LogP contribution in [0.5, 0.6) is 5.75 Å². The van der Waals surface area contributed by atoms with E-state index in [2.05, 4.69) is 5.48 Å². The number of carbonyl (C=O) groups excluding carboxylic acids is 2. The van der Waals surface area contributed by atoms with E-state index in [1.165, 1.54) is 17.0 Å². The standard InChI is InChI=1S/C29H22Cl2N2O4/c30-19-13-14-24(25(31)15-19)27-26(28(35)32-37-17-18-7-2-1-3-8-18)22-11-4-5-12-23(22)29(36)33(27)20-9-6-10-21(34)16-20/h1-16,26-27,34H,17H2,(H,32,35)/t26-,27+/m1/s1. The number of fused-ring (bicyclic) bond motifs is 1. The second-order valence-electron chi connectivity index (χ2n) is 8.61. The van der Waals surface area contributed by atoms with Gasteiger partial charge in [-0.05, 0) is 47.0 Å². The number of rotatable bonds is 6. The van der Waals surface area contributed by atoms with Gasteiger partial charge in [0.1, 0.15) is 5.75 Å². The highest BCUT2D eigenvalue weighted by molar-refractivity contribution is 6.35. The Hall–Kier alpha value is -3.84. The maximum Gasteiger partial charge on any atom is 0.259 e. The minimum Gasteiger partial charge on any atom is -0.508 e. The van der Waals surface area contributed by atoms with Gasteiger partial charge in [0.25, 0.3) is 11.8 Å². The molecule has 0 unspecified atom stereocenters. The van der Waals surface area contributed by atoms with Crippen LogP contribution in [0.4, 0.5) is 5.69 Å². The zero-order valence-corrected chi connectivity index (χ0v) is 21.0. The largest absolute Gasteiger partial charge is 0.508 e. The number of hydrogen-bond donors (Lipinski definition) is 2. The molecule has 0 saturated heterocycles. The van der Waals surface area contributed by atoms with E-state index in [-0.39, 0.29) is 18.3 Å². The molecule has 6 nitrogen and oxygen atoms in total. The van der Waals surface area contributed by atoms with Crippen LogP contribution in [0, 0.1) is 0 Å². The lowest BCUT2D eigenvalue weighted by Crippen LogP contribution is -2.47. The van der Waals surface area contributed by atoms with Gasteiger partial charge in [-0.25, -0.2) is 5.48 Å². The molecular weight excluding hydrogens is 511 g/mol. The molecule has 1 aliphatic rings. The number of amides is 2. The molecule has 8 heteroatoms. The minimum absolute atomic E-state index is 0.0164. The number of halogens is 2. The maximum atomic E-state index is 13.9. The molecule has 2 amide bonds. The van der Waals surface area contributed by atoms with Crippen LogP contribution >= 0.6 is 23.2 Å². The van der Waals surface area contributed by atoms with Gasteiger partial charge in [0.15, 0.2) is 0 Å². The van der Waals surface area contributed by atoms with Gasteiger partial charge in [0.2, 0.25) is 0 Å². The van der Waals surface area contributed by atoms with E-state index >= 15 is 0 Å². The number of carbonyl (C=O) groups is 2. The molecule has 0 aromatic heterocycles. The van der Waals surface area contributed by atoms with Gasteiger partial charge in [-0.2, -0.15) is 0 Å². The molecule has 4 aromatic rings. The van der Waals surface area contributed by atoms with Crippen molar-refractivity contribution in [3.8, 4) is 5.75 Å². The highest BCUT2D eigenvalue weighted by atomic mass is 35.5. The lowest BCUT2D eigenvalue weighted by atomic mass is 9.79. The Labute approximate surface area is 224 Å². The van der Waals surface area contributed by atoms with Crippen molar-refractivity contribution >= 4 is 40.7 Å². The molecule has 1 heterocycles. The van der Waals surface area contributed by atoms with Crippen LogP contribution in [0.15, 0.2) is 97.1 Å². The summed E-state index contributed by atoms with van der Waals surface area (Å²) in [5, 5.41) is 10.9. The second-order valence-corrected chi connectivity index (χ2v) is 9.45. The summed E-state index contributed by atoms with van der Waals surface area (Å²) in [6.45, 7) is 0.169. The first kappa shape index (κ1) is 24.8. The topological polar surface area (TPSA) is 78.9 Å². The molecule has 0 bridgehead atoms. The van der Waals surface area contributed by atoms with Crippen LogP contribution in [0.25, 0.3) is 0 Å². The van der Waals surface area contributed by atoms with Crippen molar-refractivity contribution < 1.29 is 19.5 Å². The van der Waals surface area contributed by atoms with Crippen LogP contribution in [0.1, 0.15) is 39.0 Å². The number of nitrogens with one attached hydrogen (secondary N) is 1. The first-order chi connectivity index (χ1) is 17.9. The van der Waals surface area contributed by atoms with Gasteiger partial charge in [0, 0.05) is 27.4 Å². The summed E-state index contributed by atoms with van der Waals surface area (Å²) >= 11 is 12.8. The fourth-order valence-electron chi connectivity index (χ4n) is 4.63. The average molecular weight is 533 g/mol. The summed E-state index contributed by atoms with van der Waals surface area (Å²) in [7, 11) is 0. The normalized spacial score (nSPS) is 16.8. The molecule has 5 rings (SSSR count). The Morgan fingerprint density at radius 3 is 2.41 bits per heavy atom. The minimum atomic E-state index is -0.884. The zero-order valence-electron chi connectivity index (χ0n) is 19.5. The molecule has 0 spiro atoms. The van der Waals surface area contributed by atoms with Gasteiger partial charge >= 0.3 is 0 Å². The van der Waals surface area contributed by atoms with Crippen molar-refractivity contribution in [3.63, 3.8) is 0 Å². The van der Waals surface area contributed by atoms with Crippen LogP contribution in [0.2, 0.25) is 10.0 Å². The number of phenolic OH excluding ortho intramolecular Hbond substituents is 1. The molecule has 4 aromatic carbocycles. The molecule has 0 aliphatic carbocycles. The number of hydroxylamine groups is 1. The summed E-state index contributed by atoms with van der Waals surface area (Å²) in [6.07, 6.45) is 0. The van der Waals surface area contributed by atoms with Crippen molar-refractivity contribution in [2.24, 2.45) is 0 Å². The smallest absolute Gasteiger partial charge is 0.259 e. The molecule has 0 radical (unpaired) electrons. The van der Waals surface area contributed by atoms with E-state index < -0.39 is 17.9 Å². The van der Waals surface area contributed by atoms with Gasteiger partial charge < -0.3 is 5.11 Å². The molecular formula is C29H22Cl2N2O4. The molecule has 1 aliphatic heterocycles. The van der Waals surface area contributed by atoms with E-state index in [1.807, 2.05) is 30.3 Å². The Kier molecular flexibility index (Phi) is 7.15. The summed E-state index contributed by atoms with van der Waals surface area (Å²) < 4.78 is 0. The van der Waals surface area contributed by atoms with Gasteiger partial charge in [-0.15, -0.1) is 0 Å². The highest BCUT2D eigenvalue weighted by Crippen LogP contribution is 2.47. The zero-order chi connectivity index (χ0) is 25.9. The molecule has 2 N–H and O–H groups in total. The third-order valence-electron chi connectivity index (χ3n) is 6.26. The monoisotopic (exact) mass is 532 g/mol. The number of anilines is 1. The SMILES string of the molecule is O=C(NOCc1ccccc1)[C@@H]1c2ccccc2C(=O)N(c2cccc(O)c2)[C@H]1c1ccc(Cl)cc1Cl. The Balaban J connectivity index is 1.61. The van der Waals surface area contributed by atoms with E-state index in [0.29, 0.717) is 32.4 Å². The fourth-order valence-corrected chi connectivity index (χ4v) is 5.15. The predicted octanol–water partition coefficient (Wildman–Crippen LogP) is 6.43. The first-order valence-electron chi connectivity index (χ1n) is 11.6. The quantitative estimate of drug-likeness (QED) is 0.280. The number of benzene rings is 4. The number of hydrogen-bond acceptors (Lipinski definition) is 4. The number of phenols is 1. The summed E-state index contributed by atoms with van der Waals surface area (Å²) in [4.78, 5) is 34.7. The van der Waals surface area contributed by atoms with E-state index in [4.69, 9.17) is 28.0 Å². The van der Waals surface area contributed by atoms with Crippen LogP contribution in [-0.4, -0.2) is 16.9 Å². The lowest BCUT2D eigenvalue weighted by Gasteiger charge is -2.42. The Morgan fingerprint density at radius 1 is 0.892 bits per heavy atom. The predicted molar refractivity (Wildman–Crippen MR) is 143 cm³/mol.